The summed E-state index contributed by atoms with van der Waals surface area (Å²) in [7, 11) is 0. The molecule has 2 aromatic heterocycles. The van der Waals surface area contributed by atoms with E-state index in [0.29, 0.717) is 29.1 Å². The highest BCUT2D eigenvalue weighted by Crippen LogP contribution is 2.22. The predicted octanol–water partition coefficient (Wildman–Crippen LogP) is 3.58. The van der Waals surface area contributed by atoms with Crippen molar-refractivity contribution in [2.24, 2.45) is 0 Å². The molecule has 0 bridgehead atoms. The number of amides is 1. The zero-order valence-corrected chi connectivity index (χ0v) is 15.3. The fourth-order valence-electron chi connectivity index (χ4n) is 2.46. The van der Waals surface area contributed by atoms with Gasteiger partial charge < -0.3 is 14.2 Å². The van der Waals surface area contributed by atoms with Crippen molar-refractivity contribution >= 4 is 5.91 Å². The number of hydrogen-bond donors (Lipinski definition) is 1. The van der Waals surface area contributed by atoms with Gasteiger partial charge in [0.05, 0.1) is 12.1 Å². The highest BCUT2D eigenvalue weighted by Gasteiger charge is 2.20. The fraction of sp³-hybridized carbons (Fsp3) is 0.368. The Morgan fingerprint density at radius 1 is 1.08 bits per heavy atom. The van der Waals surface area contributed by atoms with Crippen LogP contribution in [0.1, 0.15) is 56.0 Å². The van der Waals surface area contributed by atoms with Crippen molar-refractivity contribution in [1.82, 2.24) is 20.5 Å². The second kappa shape index (κ2) is 7.51. The Hall–Kier alpha value is -2.96. The predicted molar refractivity (Wildman–Crippen MR) is 95.3 cm³/mol. The lowest BCUT2D eigenvalue weighted by Gasteiger charge is -2.09. The van der Waals surface area contributed by atoms with Crippen LogP contribution in [0, 0.1) is 6.92 Å². The van der Waals surface area contributed by atoms with E-state index < -0.39 is 0 Å². The summed E-state index contributed by atoms with van der Waals surface area (Å²) in [5, 5.41) is 10.8. The minimum atomic E-state index is -0.372. The molecule has 1 amide bonds. The third-order valence-electron chi connectivity index (χ3n) is 3.94. The van der Waals surface area contributed by atoms with E-state index in [1.54, 1.807) is 13.8 Å². The van der Waals surface area contributed by atoms with Crippen molar-refractivity contribution in [2.45, 2.75) is 46.1 Å². The molecule has 2 heterocycles. The Morgan fingerprint density at radius 3 is 2.42 bits per heavy atom. The highest BCUT2D eigenvalue weighted by molar-refractivity contribution is 5.78. The average molecular weight is 354 g/mol. The molecule has 3 rings (SSSR count). The highest BCUT2D eigenvalue weighted by atomic mass is 16.4. The molecule has 7 nitrogen and oxygen atoms in total. The molecule has 136 valence electrons. The molecule has 1 N–H and O–H groups in total. The van der Waals surface area contributed by atoms with Gasteiger partial charge in [0.15, 0.2) is 0 Å². The van der Waals surface area contributed by atoms with Gasteiger partial charge in [-0.25, -0.2) is 4.98 Å². The van der Waals surface area contributed by atoms with Gasteiger partial charge in [-0.05, 0) is 26.0 Å². The third-order valence-corrected chi connectivity index (χ3v) is 3.94. The number of oxazole rings is 1. The molecule has 0 aliphatic rings. The van der Waals surface area contributed by atoms with Gasteiger partial charge in [-0.2, -0.15) is 0 Å². The van der Waals surface area contributed by atoms with Crippen LogP contribution in [-0.2, 0) is 11.2 Å². The number of nitrogens with zero attached hydrogens (tertiary/aromatic N) is 3. The largest absolute Gasteiger partial charge is 0.441 e. The van der Waals surface area contributed by atoms with Crippen LogP contribution in [0.15, 0.2) is 39.2 Å². The molecular weight excluding hydrogens is 332 g/mol. The van der Waals surface area contributed by atoms with Crippen molar-refractivity contribution in [2.75, 3.05) is 0 Å². The van der Waals surface area contributed by atoms with Gasteiger partial charge in [0.2, 0.25) is 23.6 Å². The van der Waals surface area contributed by atoms with Gasteiger partial charge >= 0.3 is 0 Å². The molecule has 0 aliphatic carbocycles. The SMILES string of the molecule is Cc1oc(-c2ccccc2)nc1CC(=O)NC(C)c1nnc(C(C)C)o1. The number of aromatic nitrogens is 3. The minimum absolute atomic E-state index is 0.123. The van der Waals surface area contributed by atoms with E-state index >= 15 is 0 Å². The Kier molecular flexibility index (Phi) is 5.16. The van der Waals surface area contributed by atoms with Crippen molar-refractivity contribution in [3.8, 4) is 11.5 Å². The number of carbonyl (C=O) groups excluding carboxylic acids is 1. The number of benzene rings is 1. The molecule has 0 saturated heterocycles. The molecule has 3 aromatic rings. The number of rotatable bonds is 6. The van der Waals surface area contributed by atoms with Crippen LogP contribution < -0.4 is 5.32 Å². The monoisotopic (exact) mass is 354 g/mol. The maximum atomic E-state index is 12.4. The molecule has 1 atom stereocenters. The summed E-state index contributed by atoms with van der Waals surface area (Å²) in [6.45, 7) is 7.55. The smallest absolute Gasteiger partial charge is 0.238 e. The first-order valence-electron chi connectivity index (χ1n) is 8.58. The van der Waals surface area contributed by atoms with E-state index in [2.05, 4.69) is 20.5 Å². The molecule has 1 aromatic carbocycles. The molecule has 1 unspecified atom stereocenters. The number of nitrogens with one attached hydrogen (secondary N) is 1. The molecule has 7 heteroatoms. The van der Waals surface area contributed by atoms with Crippen LogP contribution in [-0.4, -0.2) is 21.1 Å². The summed E-state index contributed by atoms with van der Waals surface area (Å²) in [5.41, 5.74) is 1.49. The standard InChI is InChI=1S/C19H22N4O3/c1-11(2)17-22-23-18(26-17)12(3)20-16(24)10-15-13(4)25-19(21-15)14-8-6-5-7-9-14/h5-9,11-12H,10H2,1-4H3,(H,20,24). The van der Waals surface area contributed by atoms with E-state index in [0.717, 1.165) is 5.56 Å². The molecule has 0 saturated carbocycles. The van der Waals surface area contributed by atoms with Crippen molar-refractivity contribution in [1.29, 1.82) is 0 Å². The molecule has 26 heavy (non-hydrogen) atoms. The first kappa shape index (κ1) is 17.8. The Balaban J connectivity index is 1.65. The normalized spacial score (nSPS) is 12.3. The van der Waals surface area contributed by atoms with Gasteiger partial charge in [-0.15, -0.1) is 10.2 Å². The van der Waals surface area contributed by atoms with Crippen LogP contribution in [0.3, 0.4) is 0 Å². The zero-order chi connectivity index (χ0) is 18.7. The van der Waals surface area contributed by atoms with Gasteiger partial charge in [0, 0.05) is 11.5 Å². The Morgan fingerprint density at radius 2 is 1.77 bits per heavy atom. The summed E-state index contributed by atoms with van der Waals surface area (Å²) in [4.78, 5) is 16.8. The van der Waals surface area contributed by atoms with E-state index in [1.165, 1.54) is 0 Å². The van der Waals surface area contributed by atoms with E-state index in [9.17, 15) is 4.79 Å². The van der Waals surface area contributed by atoms with Gasteiger partial charge in [0.1, 0.15) is 11.8 Å². The third kappa shape index (κ3) is 3.99. The second-order valence-electron chi connectivity index (χ2n) is 6.49. The summed E-state index contributed by atoms with van der Waals surface area (Å²) >= 11 is 0. The average Bonchev–Trinajstić information content (AvgIpc) is 3.23. The fourth-order valence-corrected chi connectivity index (χ4v) is 2.46. The zero-order valence-electron chi connectivity index (χ0n) is 15.3. The summed E-state index contributed by atoms with van der Waals surface area (Å²) in [5.74, 6) is 2.06. The maximum Gasteiger partial charge on any atom is 0.238 e. The summed E-state index contributed by atoms with van der Waals surface area (Å²) in [6.07, 6.45) is 0.123. The lowest BCUT2D eigenvalue weighted by molar-refractivity contribution is -0.121. The number of aryl methyl sites for hydroxylation is 1. The Labute approximate surface area is 151 Å². The van der Waals surface area contributed by atoms with E-state index in [-0.39, 0.29) is 24.3 Å². The quantitative estimate of drug-likeness (QED) is 0.727. The lowest BCUT2D eigenvalue weighted by Crippen LogP contribution is -2.28. The lowest BCUT2D eigenvalue weighted by atomic mass is 10.2. The first-order chi connectivity index (χ1) is 12.4. The Bertz CT molecular complexity index is 883. The molecule has 0 fully saturated rings. The van der Waals surface area contributed by atoms with E-state index in [4.69, 9.17) is 8.83 Å². The molecular formula is C19H22N4O3. The van der Waals surface area contributed by atoms with Gasteiger partial charge in [0.25, 0.3) is 0 Å². The van der Waals surface area contributed by atoms with Crippen molar-refractivity contribution in [3.63, 3.8) is 0 Å². The first-order valence-corrected chi connectivity index (χ1v) is 8.58. The van der Waals surface area contributed by atoms with Crippen LogP contribution >= 0.6 is 0 Å². The number of hydrogen-bond acceptors (Lipinski definition) is 6. The van der Waals surface area contributed by atoms with Crippen LogP contribution in [0.5, 0.6) is 0 Å². The van der Waals surface area contributed by atoms with Crippen LogP contribution in [0.4, 0.5) is 0 Å². The van der Waals surface area contributed by atoms with E-state index in [1.807, 2.05) is 44.2 Å². The topological polar surface area (TPSA) is 94.1 Å². The molecule has 0 aliphatic heterocycles. The van der Waals surface area contributed by atoms with Crippen molar-refractivity contribution < 1.29 is 13.6 Å². The van der Waals surface area contributed by atoms with Gasteiger partial charge in [-0.3, -0.25) is 4.79 Å². The summed E-state index contributed by atoms with van der Waals surface area (Å²) in [6, 6.07) is 9.22. The van der Waals surface area contributed by atoms with Gasteiger partial charge in [-0.1, -0.05) is 32.0 Å². The van der Waals surface area contributed by atoms with Crippen molar-refractivity contribution in [3.05, 3.63) is 53.6 Å². The molecule has 0 radical (unpaired) electrons. The maximum absolute atomic E-state index is 12.4. The minimum Gasteiger partial charge on any atom is -0.441 e. The number of carbonyl (C=O) groups is 1. The van der Waals surface area contributed by atoms with Crippen LogP contribution in [0.2, 0.25) is 0 Å². The molecule has 0 spiro atoms. The summed E-state index contributed by atoms with van der Waals surface area (Å²) < 4.78 is 11.3. The van der Waals surface area contributed by atoms with Crippen LogP contribution in [0.25, 0.3) is 11.5 Å². The second-order valence-corrected chi connectivity index (χ2v) is 6.49.